The number of aliphatic imine (C=N–C) groups is 1. The molecule has 1 saturated heterocycles. The van der Waals surface area contributed by atoms with Gasteiger partial charge in [0.2, 0.25) is 0 Å². The highest BCUT2D eigenvalue weighted by Crippen LogP contribution is 2.14. The molecule has 0 spiro atoms. The van der Waals surface area contributed by atoms with Crippen LogP contribution < -0.4 is 10.6 Å². The highest BCUT2D eigenvalue weighted by molar-refractivity contribution is 14.0. The van der Waals surface area contributed by atoms with Crippen molar-refractivity contribution in [1.82, 2.24) is 15.5 Å². The minimum Gasteiger partial charge on any atom is -0.379 e. The number of nitrogens with zero attached hydrogens (tertiary/aromatic N) is 2. The van der Waals surface area contributed by atoms with Gasteiger partial charge in [0.25, 0.3) is 0 Å². The molecule has 2 rings (SSSR count). The minimum atomic E-state index is 0. The van der Waals surface area contributed by atoms with E-state index in [2.05, 4.69) is 60.6 Å². The third-order valence-corrected chi connectivity index (χ3v) is 4.71. The number of guanidine groups is 1. The maximum atomic E-state index is 5.57. The third kappa shape index (κ3) is 10.6. The minimum absolute atomic E-state index is 0. The van der Waals surface area contributed by atoms with Gasteiger partial charge in [-0.25, -0.2) is 4.99 Å². The Bertz CT molecular complexity index is 542. The summed E-state index contributed by atoms with van der Waals surface area (Å²) >= 11 is 0. The Morgan fingerprint density at radius 2 is 1.75 bits per heavy atom. The van der Waals surface area contributed by atoms with Crippen LogP contribution in [0.4, 0.5) is 0 Å². The molecule has 2 N–H and O–H groups in total. The first-order chi connectivity index (χ1) is 13.2. The smallest absolute Gasteiger partial charge is 0.191 e. The van der Waals surface area contributed by atoms with Crippen molar-refractivity contribution in [3.63, 3.8) is 0 Å². The fourth-order valence-electron chi connectivity index (χ4n) is 3.24. The van der Waals surface area contributed by atoms with Gasteiger partial charge in [-0.15, -0.1) is 24.0 Å². The molecule has 6 heteroatoms. The average molecular weight is 502 g/mol. The van der Waals surface area contributed by atoms with Crippen LogP contribution in [0, 0.1) is 0 Å². The molecule has 1 aromatic rings. The van der Waals surface area contributed by atoms with Gasteiger partial charge in [-0.05, 0) is 64.3 Å². The van der Waals surface area contributed by atoms with Crippen LogP contribution in [0.1, 0.15) is 57.6 Å². The van der Waals surface area contributed by atoms with E-state index in [1.165, 1.54) is 43.5 Å². The van der Waals surface area contributed by atoms with Crippen LogP contribution in [-0.2, 0) is 17.8 Å². The van der Waals surface area contributed by atoms with Gasteiger partial charge in [-0.2, -0.15) is 0 Å². The Morgan fingerprint density at radius 1 is 1.07 bits per heavy atom. The normalized spacial score (nSPS) is 15.4. The number of rotatable bonds is 10. The van der Waals surface area contributed by atoms with E-state index in [0.29, 0.717) is 12.6 Å². The molecule has 0 aliphatic carbocycles. The SMILES string of the molecule is CCNC(=NCc1ccc(CN2CCCCC2)cc1)NCCCOC(C)C.I. The molecule has 0 bridgehead atoms. The van der Waals surface area contributed by atoms with Gasteiger partial charge in [0.05, 0.1) is 12.6 Å². The highest BCUT2D eigenvalue weighted by atomic mass is 127. The van der Waals surface area contributed by atoms with E-state index in [0.717, 1.165) is 38.6 Å². The Hall–Kier alpha value is -0.860. The van der Waals surface area contributed by atoms with Gasteiger partial charge < -0.3 is 15.4 Å². The van der Waals surface area contributed by atoms with Crippen molar-refractivity contribution < 1.29 is 4.74 Å². The quantitative estimate of drug-likeness (QED) is 0.218. The van der Waals surface area contributed by atoms with Crippen molar-refractivity contribution in [1.29, 1.82) is 0 Å². The summed E-state index contributed by atoms with van der Waals surface area (Å²) < 4.78 is 5.57. The Balaban J connectivity index is 0.00000392. The molecule has 5 nitrogen and oxygen atoms in total. The van der Waals surface area contributed by atoms with Gasteiger partial charge in [0.1, 0.15) is 0 Å². The first kappa shape index (κ1) is 25.2. The van der Waals surface area contributed by atoms with Gasteiger partial charge in [0, 0.05) is 26.2 Å². The van der Waals surface area contributed by atoms with Gasteiger partial charge in [-0.3, -0.25) is 4.90 Å². The number of ether oxygens (including phenoxy) is 1. The Kier molecular flexibility index (Phi) is 13.5. The van der Waals surface area contributed by atoms with E-state index in [-0.39, 0.29) is 24.0 Å². The van der Waals surface area contributed by atoms with Crippen LogP contribution >= 0.6 is 24.0 Å². The molecule has 0 unspecified atom stereocenters. The molecule has 1 heterocycles. The Morgan fingerprint density at radius 3 is 2.39 bits per heavy atom. The standard InChI is InChI=1S/C22H38N4O.HI/c1-4-23-22(24-13-8-16-27-19(2)3)25-17-20-9-11-21(12-10-20)18-26-14-6-5-7-15-26;/h9-12,19H,4-8,13-18H2,1-3H3,(H2,23,24,25);1H. The van der Waals surface area contributed by atoms with Crippen LogP contribution in [0.25, 0.3) is 0 Å². The van der Waals surface area contributed by atoms with Crippen molar-refractivity contribution in [2.24, 2.45) is 4.99 Å². The molecule has 1 aliphatic rings. The van der Waals surface area contributed by atoms with Crippen LogP contribution in [0.2, 0.25) is 0 Å². The summed E-state index contributed by atoms with van der Waals surface area (Å²) in [5.74, 6) is 0.874. The third-order valence-electron chi connectivity index (χ3n) is 4.71. The zero-order valence-electron chi connectivity index (χ0n) is 17.9. The van der Waals surface area contributed by atoms with E-state index in [9.17, 15) is 0 Å². The highest BCUT2D eigenvalue weighted by Gasteiger charge is 2.10. The first-order valence-corrected chi connectivity index (χ1v) is 10.6. The lowest BCUT2D eigenvalue weighted by molar-refractivity contribution is 0.0776. The molecular weight excluding hydrogens is 463 g/mol. The van der Waals surface area contributed by atoms with Crippen LogP contribution in [0.3, 0.4) is 0 Å². The van der Waals surface area contributed by atoms with Gasteiger partial charge in [0.15, 0.2) is 5.96 Å². The zero-order valence-corrected chi connectivity index (χ0v) is 20.2. The van der Waals surface area contributed by atoms with Crippen molar-refractivity contribution in [2.75, 3.05) is 32.8 Å². The molecule has 0 saturated carbocycles. The molecule has 0 amide bonds. The number of benzene rings is 1. The number of nitrogens with one attached hydrogen (secondary N) is 2. The van der Waals surface area contributed by atoms with E-state index in [1.54, 1.807) is 0 Å². The fourth-order valence-corrected chi connectivity index (χ4v) is 3.24. The zero-order chi connectivity index (χ0) is 19.3. The maximum absolute atomic E-state index is 5.57. The second kappa shape index (κ2) is 15.0. The number of piperidine rings is 1. The molecular formula is C22H39IN4O. The molecule has 0 radical (unpaired) electrons. The van der Waals surface area contributed by atoms with Gasteiger partial charge >= 0.3 is 0 Å². The largest absolute Gasteiger partial charge is 0.379 e. The first-order valence-electron chi connectivity index (χ1n) is 10.6. The van der Waals surface area contributed by atoms with E-state index < -0.39 is 0 Å². The lowest BCUT2D eigenvalue weighted by Crippen LogP contribution is -2.38. The summed E-state index contributed by atoms with van der Waals surface area (Å²) in [7, 11) is 0. The lowest BCUT2D eigenvalue weighted by Gasteiger charge is -2.26. The summed E-state index contributed by atoms with van der Waals surface area (Å²) in [4.78, 5) is 7.27. The number of likely N-dealkylation sites (tertiary alicyclic amines) is 1. The second-order valence-electron chi connectivity index (χ2n) is 7.55. The summed E-state index contributed by atoms with van der Waals surface area (Å²) in [5.41, 5.74) is 2.65. The van der Waals surface area contributed by atoms with Crippen LogP contribution in [-0.4, -0.2) is 49.7 Å². The summed E-state index contributed by atoms with van der Waals surface area (Å²) in [6.45, 7) is 13.0. The van der Waals surface area contributed by atoms with Crippen molar-refractivity contribution >= 4 is 29.9 Å². The van der Waals surface area contributed by atoms with Crippen LogP contribution in [0.15, 0.2) is 29.3 Å². The molecule has 28 heavy (non-hydrogen) atoms. The van der Waals surface area contributed by atoms with Crippen molar-refractivity contribution in [3.8, 4) is 0 Å². The van der Waals surface area contributed by atoms with Crippen molar-refractivity contribution in [2.45, 2.75) is 65.6 Å². The number of hydrogen-bond acceptors (Lipinski definition) is 3. The lowest BCUT2D eigenvalue weighted by atomic mass is 10.1. The second-order valence-corrected chi connectivity index (χ2v) is 7.55. The van der Waals surface area contributed by atoms with Gasteiger partial charge in [-0.1, -0.05) is 30.7 Å². The number of hydrogen-bond donors (Lipinski definition) is 2. The monoisotopic (exact) mass is 502 g/mol. The summed E-state index contributed by atoms with van der Waals surface area (Å²) in [5, 5.41) is 6.69. The Labute approximate surface area is 188 Å². The predicted octanol–water partition coefficient (Wildman–Crippen LogP) is 4.16. The molecule has 0 atom stereocenters. The summed E-state index contributed by atoms with van der Waals surface area (Å²) in [6.07, 6.45) is 5.35. The van der Waals surface area contributed by atoms with E-state index in [4.69, 9.17) is 9.73 Å². The summed E-state index contributed by atoms with van der Waals surface area (Å²) in [6, 6.07) is 8.93. The number of halogens is 1. The molecule has 1 aliphatic heterocycles. The molecule has 0 aromatic heterocycles. The molecule has 160 valence electrons. The van der Waals surface area contributed by atoms with Crippen LogP contribution in [0.5, 0.6) is 0 Å². The topological polar surface area (TPSA) is 48.9 Å². The molecule has 1 fully saturated rings. The molecule has 1 aromatic carbocycles. The average Bonchev–Trinajstić information content (AvgIpc) is 2.67. The fraction of sp³-hybridized carbons (Fsp3) is 0.682. The predicted molar refractivity (Wildman–Crippen MR) is 130 cm³/mol. The maximum Gasteiger partial charge on any atom is 0.191 e. The van der Waals surface area contributed by atoms with E-state index >= 15 is 0 Å². The van der Waals surface area contributed by atoms with Crippen molar-refractivity contribution in [3.05, 3.63) is 35.4 Å². The van der Waals surface area contributed by atoms with E-state index in [1.807, 2.05) is 0 Å².